The lowest BCUT2D eigenvalue weighted by atomic mass is 10.0. The molecule has 4 atom stereocenters. The van der Waals surface area contributed by atoms with Crippen molar-refractivity contribution in [1.29, 1.82) is 0 Å². The summed E-state index contributed by atoms with van der Waals surface area (Å²) in [5.41, 5.74) is -2.53. The minimum atomic E-state index is -4.98. The van der Waals surface area contributed by atoms with E-state index in [-0.39, 0.29) is 24.3 Å². The van der Waals surface area contributed by atoms with Gasteiger partial charge in [0.1, 0.15) is 5.82 Å². The average molecular weight is 588 g/mol. The van der Waals surface area contributed by atoms with Crippen LogP contribution in [0, 0.1) is 17.7 Å². The summed E-state index contributed by atoms with van der Waals surface area (Å²) in [7, 11) is 2.05. The minimum Gasteiger partial charge on any atom is -0.349 e. The summed E-state index contributed by atoms with van der Waals surface area (Å²) in [4.78, 5) is 4.20. The lowest BCUT2D eigenvalue weighted by Crippen LogP contribution is -2.49. The molecule has 0 spiro atoms. The number of benzene rings is 2. The quantitative estimate of drug-likeness (QED) is 0.350. The lowest BCUT2D eigenvalue weighted by molar-refractivity contribution is -0.228. The molecule has 0 aliphatic carbocycles. The van der Waals surface area contributed by atoms with E-state index in [2.05, 4.69) is 22.1 Å². The molecule has 1 N–H and O–H groups in total. The molecule has 2 heterocycles. The SMILES string of the molecule is CC(O[C@H]1OCCN(CC#CCC2CNCCN2C)[C@H]1c1ccc(F)cc1)c1cc(C(F)(F)F)cc(C(F)(F)F)c1. The maximum absolute atomic E-state index is 13.7. The number of nitrogens with zero attached hydrogens (tertiary/aromatic N) is 2. The smallest absolute Gasteiger partial charge is 0.349 e. The average Bonchev–Trinajstić information content (AvgIpc) is 2.91. The van der Waals surface area contributed by atoms with Crippen LogP contribution in [-0.2, 0) is 21.8 Å². The summed E-state index contributed by atoms with van der Waals surface area (Å²) < 4.78 is 106. The summed E-state index contributed by atoms with van der Waals surface area (Å²) >= 11 is 0. The molecule has 2 saturated heterocycles. The number of halogens is 7. The third-order valence-corrected chi connectivity index (χ3v) is 7.33. The zero-order chi connectivity index (χ0) is 29.8. The number of likely N-dealkylation sites (N-methyl/N-ethyl adjacent to an activating group) is 1. The Balaban J connectivity index is 1.57. The van der Waals surface area contributed by atoms with Gasteiger partial charge in [-0.2, -0.15) is 26.3 Å². The maximum Gasteiger partial charge on any atom is 0.416 e. The first-order valence-corrected chi connectivity index (χ1v) is 13.3. The number of alkyl halides is 6. The molecule has 2 aliphatic heterocycles. The highest BCUT2D eigenvalue weighted by molar-refractivity contribution is 5.35. The highest BCUT2D eigenvalue weighted by atomic mass is 19.4. The molecule has 2 aromatic rings. The van der Waals surface area contributed by atoms with Crippen LogP contribution in [0.25, 0.3) is 0 Å². The van der Waals surface area contributed by atoms with E-state index in [9.17, 15) is 30.7 Å². The van der Waals surface area contributed by atoms with E-state index < -0.39 is 47.7 Å². The van der Waals surface area contributed by atoms with Crippen molar-refractivity contribution in [3.63, 3.8) is 0 Å². The van der Waals surface area contributed by atoms with E-state index in [0.29, 0.717) is 37.2 Å². The first-order chi connectivity index (χ1) is 19.3. The van der Waals surface area contributed by atoms with Crippen LogP contribution in [0.5, 0.6) is 0 Å². The predicted molar refractivity (Wildman–Crippen MR) is 138 cm³/mol. The van der Waals surface area contributed by atoms with E-state index in [1.165, 1.54) is 19.1 Å². The van der Waals surface area contributed by atoms with Gasteiger partial charge in [0.25, 0.3) is 0 Å². The van der Waals surface area contributed by atoms with Crippen LogP contribution in [0.4, 0.5) is 30.7 Å². The number of morpholine rings is 1. The molecule has 0 radical (unpaired) electrons. The Kier molecular flexibility index (Phi) is 9.97. The third-order valence-electron chi connectivity index (χ3n) is 7.33. The molecule has 0 saturated carbocycles. The van der Waals surface area contributed by atoms with Crippen molar-refractivity contribution in [3.05, 3.63) is 70.5 Å². The Morgan fingerprint density at radius 2 is 1.66 bits per heavy atom. The second-order valence-electron chi connectivity index (χ2n) is 10.2. The van der Waals surface area contributed by atoms with E-state index in [1.54, 1.807) is 12.1 Å². The standard InChI is InChI=1S/C29H32F7N3O2/c1-19(21-15-22(28(31,32)33)17-23(16-21)29(34,35)36)41-27-26(20-6-8-24(30)9-7-20)39(13-14-40-27)11-4-3-5-25-18-37-10-12-38(25)2/h6-9,15-17,19,25-27,37H,5,10-14,18H2,1-2H3/t19?,25?,26-,27+/m0/s1. The Labute approximate surface area is 234 Å². The van der Waals surface area contributed by atoms with Crippen LogP contribution >= 0.6 is 0 Å². The topological polar surface area (TPSA) is 37.0 Å². The van der Waals surface area contributed by atoms with Gasteiger partial charge in [0, 0.05) is 38.6 Å². The van der Waals surface area contributed by atoms with Crippen molar-refractivity contribution >= 4 is 0 Å². The van der Waals surface area contributed by atoms with Gasteiger partial charge in [0.05, 0.1) is 36.4 Å². The first kappa shape index (κ1) is 31.3. The summed E-state index contributed by atoms with van der Waals surface area (Å²) in [5.74, 6) is 5.92. The van der Waals surface area contributed by atoms with Crippen LogP contribution in [0.15, 0.2) is 42.5 Å². The number of hydrogen-bond donors (Lipinski definition) is 1. The van der Waals surface area contributed by atoms with Crippen molar-refractivity contribution in [2.45, 2.75) is 50.2 Å². The second-order valence-corrected chi connectivity index (χ2v) is 10.2. The highest BCUT2D eigenvalue weighted by Crippen LogP contribution is 2.39. The van der Waals surface area contributed by atoms with Crippen LogP contribution < -0.4 is 5.32 Å². The largest absolute Gasteiger partial charge is 0.416 e. The number of piperazine rings is 1. The molecular weight excluding hydrogens is 555 g/mol. The fraction of sp³-hybridized carbons (Fsp3) is 0.517. The molecule has 0 bridgehead atoms. The molecule has 41 heavy (non-hydrogen) atoms. The molecule has 12 heteroatoms. The molecule has 224 valence electrons. The molecule has 4 rings (SSSR count). The fourth-order valence-corrected chi connectivity index (χ4v) is 4.94. The van der Waals surface area contributed by atoms with Crippen molar-refractivity contribution in [2.24, 2.45) is 0 Å². The molecule has 2 aromatic carbocycles. The van der Waals surface area contributed by atoms with Gasteiger partial charge < -0.3 is 14.8 Å². The summed E-state index contributed by atoms with van der Waals surface area (Å²) in [6.45, 7) is 5.00. The van der Waals surface area contributed by atoms with Crippen LogP contribution in [0.2, 0.25) is 0 Å². The van der Waals surface area contributed by atoms with Crippen molar-refractivity contribution in [3.8, 4) is 11.8 Å². The van der Waals surface area contributed by atoms with Crippen molar-refractivity contribution < 1.29 is 40.2 Å². The molecule has 0 amide bonds. The van der Waals surface area contributed by atoms with Gasteiger partial charge in [-0.05, 0) is 55.4 Å². The van der Waals surface area contributed by atoms with E-state index in [4.69, 9.17) is 9.47 Å². The molecule has 2 unspecified atom stereocenters. The zero-order valence-corrected chi connectivity index (χ0v) is 22.7. The fourth-order valence-electron chi connectivity index (χ4n) is 4.94. The van der Waals surface area contributed by atoms with Gasteiger partial charge in [-0.1, -0.05) is 18.1 Å². The molecular formula is C29H32F7N3O2. The molecule has 2 fully saturated rings. The summed E-state index contributed by atoms with van der Waals surface area (Å²) in [6, 6.07) is 6.65. The van der Waals surface area contributed by atoms with Crippen LogP contribution in [0.1, 0.15) is 47.7 Å². The minimum absolute atomic E-state index is 0.0796. The van der Waals surface area contributed by atoms with Crippen LogP contribution in [-0.4, -0.2) is 68.5 Å². The molecule has 5 nitrogen and oxygen atoms in total. The summed E-state index contributed by atoms with van der Waals surface area (Å²) in [6.07, 6.45) is -11.6. The monoisotopic (exact) mass is 587 g/mol. The van der Waals surface area contributed by atoms with E-state index in [1.807, 2.05) is 11.9 Å². The Bertz CT molecular complexity index is 1190. The Morgan fingerprint density at radius 3 is 2.27 bits per heavy atom. The van der Waals surface area contributed by atoms with Gasteiger partial charge in [-0.15, -0.1) is 5.92 Å². The van der Waals surface area contributed by atoms with Gasteiger partial charge in [0.2, 0.25) is 0 Å². The van der Waals surface area contributed by atoms with E-state index >= 15 is 0 Å². The van der Waals surface area contributed by atoms with Gasteiger partial charge in [-0.25, -0.2) is 4.39 Å². The lowest BCUT2D eigenvalue weighted by Gasteiger charge is -2.41. The Hall–Kier alpha value is -2.69. The second kappa shape index (κ2) is 13.1. The number of hydrogen-bond acceptors (Lipinski definition) is 5. The first-order valence-electron chi connectivity index (χ1n) is 13.3. The number of ether oxygens (including phenoxy) is 2. The van der Waals surface area contributed by atoms with Gasteiger partial charge >= 0.3 is 12.4 Å². The number of nitrogens with one attached hydrogen (secondary N) is 1. The van der Waals surface area contributed by atoms with Crippen molar-refractivity contribution in [2.75, 3.05) is 46.4 Å². The van der Waals surface area contributed by atoms with Gasteiger partial charge in [0.15, 0.2) is 6.29 Å². The van der Waals surface area contributed by atoms with Crippen molar-refractivity contribution in [1.82, 2.24) is 15.1 Å². The Morgan fingerprint density at radius 1 is 1.00 bits per heavy atom. The normalized spacial score (nSPS) is 23.6. The summed E-state index contributed by atoms with van der Waals surface area (Å²) in [5, 5.41) is 3.34. The van der Waals surface area contributed by atoms with Gasteiger partial charge in [-0.3, -0.25) is 9.80 Å². The third kappa shape index (κ3) is 8.20. The predicted octanol–water partition coefficient (Wildman–Crippen LogP) is 5.64. The zero-order valence-electron chi connectivity index (χ0n) is 22.7. The molecule has 2 aliphatic rings. The number of rotatable bonds is 6. The maximum atomic E-state index is 13.7. The highest BCUT2D eigenvalue weighted by Gasteiger charge is 2.39. The van der Waals surface area contributed by atoms with E-state index in [0.717, 1.165) is 19.6 Å². The molecule has 0 aromatic heterocycles. The van der Waals surface area contributed by atoms with Crippen LogP contribution in [0.3, 0.4) is 0 Å².